The predicted octanol–water partition coefficient (Wildman–Crippen LogP) is 7.38. The van der Waals surface area contributed by atoms with Crippen LogP contribution in [0.3, 0.4) is 0 Å². The molecule has 0 fully saturated rings. The van der Waals surface area contributed by atoms with E-state index < -0.39 is 16.9 Å². The molecular formula is C30H51N3O5. The average Bonchev–Trinajstić information content (AvgIpc) is 2.90. The number of unbranched alkanes of at least 4 members (excludes halogenated alkanes) is 15. The Hall–Kier alpha value is -2.48. The lowest BCUT2D eigenvalue weighted by Crippen LogP contribution is -2.34. The molecule has 0 aliphatic carbocycles. The van der Waals surface area contributed by atoms with E-state index in [2.05, 4.69) is 12.2 Å². The van der Waals surface area contributed by atoms with Gasteiger partial charge in [0.05, 0.1) is 4.92 Å². The highest BCUT2D eigenvalue weighted by molar-refractivity contribution is 5.78. The molecule has 38 heavy (non-hydrogen) atoms. The van der Waals surface area contributed by atoms with E-state index in [4.69, 9.17) is 10.5 Å². The number of nitrogens with two attached hydrogens (primary N) is 1. The molecule has 0 radical (unpaired) electrons. The number of esters is 1. The fraction of sp³-hybridized carbons (Fsp3) is 0.733. The molecule has 0 spiro atoms. The van der Waals surface area contributed by atoms with Crippen LogP contribution in [0.25, 0.3) is 0 Å². The summed E-state index contributed by atoms with van der Waals surface area (Å²) in [5.74, 6) is -0.264. The molecule has 0 aliphatic rings. The summed E-state index contributed by atoms with van der Waals surface area (Å²) in [6.07, 6.45) is 22.1. The average molecular weight is 534 g/mol. The Morgan fingerprint density at radius 1 is 0.816 bits per heavy atom. The monoisotopic (exact) mass is 533 g/mol. The van der Waals surface area contributed by atoms with E-state index >= 15 is 0 Å². The molecule has 0 bridgehead atoms. The number of carbonyl (C=O) groups is 2. The van der Waals surface area contributed by atoms with Crippen molar-refractivity contribution < 1.29 is 19.2 Å². The quantitative estimate of drug-likeness (QED) is 0.0470. The summed E-state index contributed by atoms with van der Waals surface area (Å²) in [6, 6.07) is 4.52. The molecule has 1 aromatic rings. The zero-order chi connectivity index (χ0) is 27.8. The summed E-state index contributed by atoms with van der Waals surface area (Å²) in [5.41, 5.74) is 5.81. The lowest BCUT2D eigenvalue weighted by atomic mass is 10.0. The van der Waals surface area contributed by atoms with E-state index in [0.29, 0.717) is 25.8 Å². The molecule has 8 heteroatoms. The van der Waals surface area contributed by atoms with E-state index in [9.17, 15) is 19.7 Å². The van der Waals surface area contributed by atoms with Gasteiger partial charge < -0.3 is 15.8 Å². The summed E-state index contributed by atoms with van der Waals surface area (Å²) in [5, 5.41) is 13.6. The third-order valence-corrected chi connectivity index (χ3v) is 6.84. The number of hydrogen-bond donors (Lipinski definition) is 2. The van der Waals surface area contributed by atoms with Gasteiger partial charge in [-0.1, -0.05) is 96.8 Å². The van der Waals surface area contributed by atoms with Gasteiger partial charge in [0.1, 0.15) is 11.8 Å². The SMILES string of the molecule is CCCCCCCCCCCCCCCCCC(=O)NCCCC[C@H](N)C(=O)Oc1ccc([N+](=O)[O-])cc1. The van der Waals surface area contributed by atoms with Gasteiger partial charge >= 0.3 is 5.97 Å². The molecule has 0 saturated heterocycles. The van der Waals surface area contributed by atoms with Crippen LogP contribution in [0, 0.1) is 10.1 Å². The van der Waals surface area contributed by atoms with Crippen LogP contribution in [-0.2, 0) is 9.59 Å². The van der Waals surface area contributed by atoms with Crippen molar-refractivity contribution >= 4 is 17.6 Å². The van der Waals surface area contributed by atoms with E-state index in [0.717, 1.165) is 19.3 Å². The third-order valence-electron chi connectivity index (χ3n) is 6.84. The second-order valence-corrected chi connectivity index (χ2v) is 10.3. The van der Waals surface area contributed by atoms with E-state index in [-0.39, 0.29) is 17.3 Å². The van der Waals surface area contributed by atoms with Gasteiger partial charge in [0, 0.05) is 25.1 Å². The first-order valence-electron chi connectivity index (χ1n) is 14.9. The van der Waals surface area contributed by atoms with Crippen molar-refractivity contribution in [2.75, 3.05) is 6.54 Å². The Balaban J connectivity index is 1.90. The van der Waals surface area contributed by atoms with Crippen LogP contribution in [0.4, 0.5) is 5.69 Å². The minimum Gasteiger partial charge on any atom is -0.425 e. The molecule has 1 rings (SSSR count). The van der Waals surface area contributed by atoms with Gasteiger partial charge in [0.2, 0.25) is 5.91 Å². The molecule has 0 aliphatic heterocycles. The van der Waals surface area contributed by atoms with E-state index in [1.165, 1.54) is 108 Å². The van der Waals surface area contributed by atoms with E-state index in [1.807, 2.05) is 0 Å². The molecule has 1 aromatic carbocycles. The Kier molecular flexibility index (Phi) is 19.9. The summed E-state index contributed by atoms with van der Waals surface area (Å²) in [4.78, 5) is 34.2. The van der Waals surface area contributed by atoms with Crippen molar-refractivity contribution in [1.82, 2.24) is 5.32 Å². The number of nitrogens with zero attached hydrogens (tertiary/aromatic N) is 1. The van der Waals surface area contributed by atoms with Crippen molar-refractivity contribution in [3.8, 4) is 5.75 Å². The normalized spacial score (nSPS) is 11.7. The van der Waals surface area contributed by atoms with Crippen molar-refractivity contribution in [2.45, 2.75) is 135 Å². The molecule has 1 amide bonds. The minimum atomic E-state index is -0.777. The Morgan fingerprint density at radius 2 is 1.32 bits per heavy atom. The molecule has 1 atom stereocenters. The van der Waals surface area contributed by atoms with Crippen LogP contribution in [0.5, 0.6) is 5.75 Å². The number of ether oxygens (including phenoxy) is 1. The highest BCUT2D eigenvalue weighted by atomic mass is 16.6. The predicted molar refractivity (Wildman–Crippen MR) is 153 cm³/mol. The molecule has 0 aromatic heterocycles. The van der Waals surface area contributed by atoms with Crippen molar-refractivity contribution in [3.05, 3.63) is 34.4 Å². The molecule has 0 unspecified atom stereocenters. The Labute approximate surface area is 229 Å². The van der Waals surface area contributed by atoms with Crippen LogP contribution in [0.2, 0.25) is 0 Å². The van der Waals surface area contributed by atoms with Crippen LogP contribution >= 0.6 is 0 Å². The number of nitro groups is 1. The summed E-state index contributed by atoms with van der Waals surface area (Å²) in [6.45, 7) is 2.84. The second-order valence-electron chi connectivity index (χ2n) is 10.3. The van der Waals surface area contributed by atoms with Crippen molar-refractivity contribution in [1.29, 1.82) is 0 Å². The van der Waals surface area contributed by atoms with Gasteiger partial charge in [0.15, 0.2) is 0 Å². The fourth-order valence-corrected chi connectivity index (χ4v) is 4.41. The van der Waals surface area contributed by atoms with Crippen molar-refractivity contribution in [3.63, 3.8) is 0 Å². The van der Waals surface area contributed by atoms with Gasteiger partial charge in [-0.15, -0.1) is 0 Å². The summed E-state index contributed by atoms with van der Waals surface area (Å²) < 4.78 is 5.17. The number of non-ortho nitro benzene ring substituents is 1. The number of amides is 1. The first-order chi connectivity index (χ1) is 18.4. The fourth-order valence-electron chi connectivity index (χ4n) is 4.41. The minimum absolute atomic E-state index is 0.0734. The Morgan fingerprint density at radius 3 is 1.82 bits per heavy atom. The van der Waals surface area contributed by atoms with Crippen LogP contribution in [0.15, 0.2) is 24.3 Å². The topological polar surface area (TPSA) is 125 Å². The van der Waals surface area contributed by atoms with Crippen LogP contribution in [-0.4, -0.2) is 29.4 Å². The largest absolute Gasteiger partial charge is 0.425 e. The maximum atomic E-state index is 12.1. The molecule has 8 nitrogen and oxygen atoms in total. The van der Waals surface area contributed by atoms with Crippen LogP contribution < -0.4 is 15.8 Å². The number of rotatable bonds is 24. The lowest BCUT2D eigenvalue weighted by molar-refractivity contribution is -0.384. The molecule has 216 valence electrons. The van der Waals surface area contributed by atoms with Crippen LogP contribution in [0.1, 0.15) is 129 Å². The number of benzene rings is 1. The molecule has 0 saturated carbocycles. The summed E-state index contributed by atoms with van der Waals surface area (Å²) in [7, 11) is 0. The first-order valence-corrected chi connectivity index (χ1v) is 14.9. The highest BCUT2D eigenvalue weighted by Gasteiger charge is 2.16. The zero-order valence-corrected chi connectivity index (χ0v) is 23.6. The second kappa shape index (κ2) is 22.5. The Bertz CT molecular complexity index is 770. The number of nitrogens with one attached hydrogen (secondary N) is 1. The number of nitro benzene ring substituents is 1. The van der Waals surface area contributed by atoms with E-state index in [1.54, 1.807) is 0 Å². The van der Waals surface area contributed by atoms with Gasteiger partial charge in [-0.2, -0.15) is 0 Å². The maximum Gasteiger partial charge on any atom is 0.328 e. The van der Waals surface area contributed by atoms with Gasteiger partial charge in [0.25, 0.3) is 5.69 Å². The lowest BCUT2D eigenvalue weighted by Gasteiger charge is -2.11. The highest BCUT2D eigenvalue weighted by Crippen LogP contribution is 2.18. The van der Waals surface area contributed by atoms with Gasteiger partial charge in [-0.05, 0) is 37.8 Å². The van der Waals surface area contributed by atoms with Crippen molar-refractivity contribution in [2.24, 2.45) is 5.73 Å². The number of carbonyl (C=O) groups excluding carboxylic acids is 2. The van der Waals surface area contributed by atoms with Gasteiger partial charge in [-0.3, -0.25) is 14.9 Å². The molecule has 0 heterocycles. The van der Waals surface area contributed by atoms with Gasteiger partial charge in [-0.25, -0.2) is 4.79 Å². The molecule has 3 N–H and O–H groups in total. The zero-order valence-electron chi connectivity index (χ0n) is 23.6. The number of hydrogen-bond acceptors (Lipinski definition) is 6. The summed E-state index contributed by atoms with van der Waals surface area (Å²) >= 11 is 0. The smallest absolute Gasteiger partial charge is 0.328 e. The third kappa shape index (κ3) is 17.9. The molecular weight excluding hydrogens is 482 g/mol. The maximum absolute atomic E-state index is 12.1. The first kappa shape index (κ1) is 33.5. The standard InChI is InChI=1S/C30H51N3O5/c1-2-3-4-5-6-7-8-9-10-11-12-13-14-15-16-20-29(34)32-25-18-17-19-28(31)30(35)38-27-23-21-26(22-24-27)33(36)37/h21-24,28H,2-20,25,31H2,1H3,(H,32,34)/t28-/m0/s1.